The maximum absolute atomic E-state index is 11.3. The Morgan fingerprint density at radius 1 is 1.38 bits per heavy atom. The molecule has 0 aliphatic rings. The third-order valence-corrected chi connectivity index (χ3v) is 4.75. The third kappa shape index (κ3) is 3.14. The minimum absolute atomic E-state index is 0.0903. The van der Waals surface area contributed by atoms with Gasteiger partial charge < -0.3 is 15.0 Å². The molecule has 0 unspecified atom stereocenters. The number of rotatable bonds is 4. The van der Waals surface area contributed by atoms with E-state index < -0.39 is 5.97 Å². The molecular weight excluding hydrogens is 354 g/mol. The number of halogens is 1. The monoisotopic (exact) mass is 375 g/mol. The molecule has 3 rings (SSSR count). The SMILES string of the molecule is Cc1nc(CNc2n[nH]c3cc(Cl)c(C(C)(C)C)cc23)n(C)c1C(=O)O. The van der Waals surface area contributed by atoms with Crippen molar-refractivity contribution in [1.29, 1.82) is 0 Å². The first-order valence-corrected chi connectivity index (χ1v) is 8.65. The van der Waals surface area contributed by atoms with Crippen LogP contribution in [0.5, 0.6) is 0 Å². The lowest BCUT2D eigenvalue weighted by Crippen LogP contribution is -2.12. The van der Waals surface area contributed by atoms with Gasteiger partial charge in [-0.15, -0.1) is 0 Å². The van der Waals surface area contributed by atoms with Gasteiger partial charge in [-0.05, 0) is 30.0 Å². The molecule has 7 nitrogen and oxygen atoms in total. The second-order valence-electron chi connectivity index (χ2n) is 7.38. The summed E-state index contributed by atoms with van der Waals surface area (Å²) in [6.07, 6.45) is 0. The van der Waals surface area contributed by atoms with Gasteiger partial charge in [0.1, 0.15) is 11.5 Å². The van der Waals surface area contributed by atoms with Gasteiger partial charge in [0.2, 0.25) is 0 Å². The van der Waals surface area contributed by atoms with Crippen LogP contribution in [0.2, 0.25) is 5.02 Å². The van der Waals surface area contributed by atoms with Gasteiger partial charge in [0.25, 0.3) is 0 Å². The summed E-state index contributed by atoms with van der Waals surface area (Å²) in [5.41, 5.74) is 2.47. The highest BCUT2D eigenvalue weighted by molar-refractivity contribution is 6.32. The Labute approximate surface area is 156 Å². The van der Waals surface area contributed by atoms with Crippen molar-refractivity contribution in [3.8, 4) is 0 Å². The van der Waals surface area contributed by atoms with Crippen LogP contribution >= 0.6 is 11.6 Å². The molecule has 2 aromatic heterocycles. The average molecular weight is 376 g/mol. The minimum atomic E-state index is -0.988. The van der Waals surface area contributed by atoms with Gasteiger partial charge in [0.05, 0.1) is 17.8 Å². The van der Waals surface area contributed by atoms with Crippen molar-refractivity contribution in [2.75, 3.05) is 5.32 Å². The maximum atomic E-state index is 11.3. The fourth-order valence-electron chi connectivity index (χ4n) is 3.06. The molecule has 0 radical (unpaired) electrons. The standard InChI is InChI=1S/C18H22ClN5O2/c1-9-15(17(25)26)24(5)14(21-9)8-20-16-10-6-11(18(2,3)4)12(19)7-13(10)22-23-16/h6-7H,8H2,1-5H3,(H,25,26)(H2,20,22,23). The molecule has 8 heteroatoms. The first-order valence-electron chi connectivity index (χ1n) is 8.27. The molecule has 0 spiro atoms. The number of anilines is 1. The number of aryl methyl sites for hydroxylation is 1. The highest BCUT2D eigenvalue weighted by Crippen LogP contribution is 2.34. The fraction of sp³-hybridized carbons (Fsp3) is 0.389. The lowest BCUT2D eigenvalue weighted by Gasteiger charge is -2.20. The quantitative estimate of drug-likeness (QED) is 0.643. The summed E-state index contributed by atoms with van der Waals surface area (Å²) in [4.78, 5) is 15.7. The highest BCUT2D eigenvalue weighted by atomic mass is 35.5. The second-order valence-corrected chi connectivity index (χ2v) is 7.79. The van der Waals surface area contributed by atoms with Crippen LogP contribution in [0.25, 0.3) is 10.9 Å². The lowest BCUT2D eigenvalue weighted by atomic mass is 9.86. The smallest absolute Gasteiger partial charge is 0.354 e. The molecule has 1 aromatic carbocycles. The molecule has 138 valence electrons. The summed E-state index contributed by atoms with van der Waals surface area (Å²) >= 11 is 6.40. The number of nitrogens with zero attached hydrogens (tertiary/aromatic N) is 3. The second kappa shape index (κ2) is 6.32. The van der Waals surface area contributed by atoms with Crippen molar-refractivity contribution in [3.63, 3.8) is 0 Å². The maximum Gasteiger partial charge on any atom is 0.354 e. The number of imidazole rings is 1. The van der Waals surface area contributed by atoms with Crippen LogP contribution in [0.3, 0.4) is 0 Å². The molecule has 3 N–H and O–H groups in total. The number of carboxylic acid groups (broad SMARTS) is 1. The van der Waals surface area contributed by atoms with E-state index in [9.17, 15) is 9.90 Å². The summed E-state index contributed by atoms with van der Waals surface area (Å²) in [5, 5.41) is 21.4. The molecule has 0 aliphatic heterocycles. The van der Waals surface area contributed by atoms with Crippen molar-refractivity contribution < 1.29 is 9.90 Å². The molecule has 2 heterocycles. The first-order chi connectivity index (χ1) is 12.1. The molecule has 0 bridgehead atoms. The molecule has 3 aromatic rings. The van der Waals surface area contributed by atoms with E-state index in [0.29, 0.717) is 28.9 Å². The van der Waals surface area contributed by atoms with Gasteiger partial charge in [-0.1, -0.05) is 32.4 Å². The van der Waals surface area contributed by atoms with E-state index in [1.165, 1.54) is 0 Å². The molecule has 0 saturated carbocycles. The van der Waals surface area contributed by atoms with Gasteiger partial charge in [0, 0.05) is 17.5 Å². The van der Waals surface area contributed by atoms with Gasteiger partial charge in [-0.2, -0.15) is 5.10 Å². The molecule has 26 heavy (non-hydrogen) atoms. The van der Waals surface area contributed by atoms with Crippen LogP contribution in [-0.4, -0.2) is 30.8 Å². The van der Waals surface area contributed by atoms with Crippen molar-refractivity contribution in [2.45, 2.75) is 39.7 Å². The Kier molecular flexibility index (Phi) is 4.44. The number of hydrogen-bond donors (Lipinski definition) is 3. The summed E-state index contributed by atoms with van der Waals surface area (Å²) in [6.45, 7) is 8.37. The van der Waals surface area contributed by atoms with E-state index in [1.54, 1.807) is 18.5 Å². The zero-order chi connectivity index (χ0) is 19.2. The number of carboxylic acids is 1. The van der Waals surface area contributed by atoms with Crippen LogP contribution in [0.1, 0.15) is 48.3 Å². The zero-order valence-electron chi connectivity index (χ0n) is 15.4. The van der Waals surface area contributed by atoms with Crippen LogP contribution in [-0.2, 0) is 19.0 Å². The number of fused-ring (bicyclic) bond motifs is 1. The number of aromatic amines is 1. The fourth-order valence-corrected chi connectivity index (χ4v) is 3.51. The molecule has 0 fully saturated rings. The number of hydrogen-bond acceptors (Lipinski definition) is 4. The molecule has 0 amide bonds. The van der Waals surface area contributed by atoms with Gasteiger partial charge in [-0.25, -0.2) is 9.78 Å². The van der Waals surface area contributed by atoms with E-state index in [2.05, 4.69) is 41.3 Å². The average Bonchev–Trinajstić information content (AvgIpc) is 3.03. The van der Waals surface area contributed by atoms with E-state index >= 15 is 0 Å². The molecular formula is C18H22ClN5O2. The highest BCUT2D eigenvalue weighted by Gasteiger charge is 2.21. The van der Waals surface area contributed by atoms with Crippen molar-refractivity contribution in [2.24, 2.45) is 7.05 Å². The molecule has 0 saturated heterocycles. The van der Waals surface area contributed by atoms with E-state index in [1.807, 2.05) is 12.1 Å². The molecule has 0 atom stereocenters. The first kappa shape index (κ1) is 18.3. The molecule has 0 aliphatic carbocycles. The Bertz CT molecular complexity index is 997. The largest absolute Gasteiger partial charge is 0.477 e. The van der Waals surface area contributed by atoms with Crippen LogP contribution < -0.4 is 5.32 Å². The topological polar surface area (TPSA) is 95.8 Å². The van der Waals surface area contributed by atoms with Crippen LogP contribution in [0.4, 0.5) is 5.82 Å². The van der Waals surface area contributed by atoms with Gasteiger partial charge >= 0.3 is 5.97 Å². The summed E-state index contributed by atoms with van der Waals surface area (Å²) in [7, 11) is 1.70. The Morgan fingerprint density at radius 3 is 2.65 bits per heavy atom. The summed E-state index contributed by atoms with van der Waals surface area (Å²) < 4.78 is 1.58. The van der Waals surface area contributed by atoms with E-state index in [0.717, 1.165) is 16.5 Å². The Morgan fingerprint density at radius 2 is 2.08 bits per heavy atom. The lowest BCUT2D eigenvalue weighted by molar-refractivity contribution is 0.0685. The van der Waals surface area contributed by atoms with Crippen molar-refractivity contribution in [1.82, 2.24) is 19.7 Å². The van der Waals surface area contributed by atoms with E-state index in [4.69, 9.17) is 11.6 Å². The van der Waals surface area contributed by atoms with Crippen LogP contribution in [0, 0.1) is 6.92 Å². The number of benzene rings is 1. The third-order valence-electron chi connectivity index (χ3n) is 4.44. The van der Waals surface area contributed by atoms with Crippen LogP contribution in [0.15, 0.2) is 12.1 Å². The summed E-state index contributed by atoms with van der Waals surface area (Å²) in [6, 6.07) is 3.92. The number of nitrogens with one attached hydrogen (secondary N) is 2. The Hall–Kier alpha value is -2.54. The van der Waals surface area contributed by atoms with Crippen molar-refractivity contribution >= 4 is 34.3 Å². The van der Waals surface area contributed by atoms with Gasteiger partial charge in [0.15, 0.2) is 5.82 Å². The number of aromatic carboxylic acids is 1. The normalized spacial score (nSPS) is 11.9. The number of aromatic nitrogens is 4. The van der Waals surface area contributed by atoms with E-state index in [-0.39, 0.29) is 11.1 Å². The predicted octanol–water partition coefficient (Wildman–Crippen LogP) is 3.87. The zero-order valence-corrected chi connectivity index (χ0v) is 16.2. The number of carbonyl (C=O) groups is 1. The van der Waals surface area contributed by atoms with Gasteiger partial charge in [-0.3, -0.25) is 5.10 Å². The number of H-pyrrole nitrogens is 1. The van der Waals surface area contributed by atoms with Crippen molar-refractivity contribution in [3.05, 3.63) is 39.9 Å². The minimum Gasteiger partial charge on any atom is -0.477 e. The Balaban J connectivity index is 1.93. The summed E-state index contributed by atoms with van der Waals surface area (Å²) in [5.74, 6) is 0.319. The predicted molar refractivity (Wildman–Crippen MR) is 102 cm³/mol.